The SMILES string of the molecule is C[Si](C)(C)C1=CCC([Si](C)(C)C)=[C]1[Ti+2].[Cl-].[Cl-]. The maximum Gasteiger partial charge on any atom is -1.00 e. The van der Waals surface area contributed by atoms with Gasteiger partial charge in [0.1, 0.15) is 0 Å². The first-order valence-corrected chi connectivity index (χ1v) is 13.1. The molecule has 0 saturated heterocycles. The zero-order valence-corrected chi connectivity index (χ0v) is 16.1. The van der Waals surface area contributed by atoms with Crippen molar-refractivity contribution < 1.29 is 45.2 Å². The van der Waals surface area contributed by atoms with E-state index in [2.05, 4.69) is 65.8 Å². The standard InChI is InChI=1S/C11H21Si2.2ClH.Ti/c1-12(2,3)10-7-8-11(9-10)13(4,5)6;;;/h7H,8H2,1-6H3;2*1H;/q;;;+2/p-2. The van der Waals surface area contributed by atoms with Crippen molar-refractivity contribution in [3.63, 3.8) is 0 Å². The molecule has 0 aromatic rings. The van der Waals surface area contributed by atoms with Gasteiger partial charge in [-0.05, 0) is 0 Å². The Morgan fingerprint density at radius 3 is 1.56 bits per heavy atom. The fourth-order valence-electron chi connectivity index (χ4n) is 1.93. The van der Waals surface area contributed by atoms with Crippen molar-refractivity contribution in [3.8, 4) is 0 Å². The van der Waals surface area contributed by atoms with Crippen LogP contribution in [-0.4, -0.2) is 16.1 Å². The van der Waals surface area contributed by atoms with Crippen molar-refractivity contribution in [2.24, 2.45) is 0 Å². The molecule has 0 spiro atoms. The van der Waals surface area contributed by atoms with E-state index < -0.39 is 16.1 Å². The molecule has 0 aromatic carbocycles. The smallest absolute Gasteiger partial charge is 1.00 e. The molecule has 0 bridgehead atoms. The molecule has 0 radical (unpaired) electrons. The number of allylic oxidation sites excluding steroid dienone is 4. The summed E-state index contributed by atoms with van der Waals surface area (Å²) in [4.78, 5) is 0. The first kappa shape index (κ1) is 19.5. The van der Waals surface area contributed by atoms with Gasteiger partial charge in [0, 0.05) is 0 Å². The molecule has 1 aliphatic carbocycles. The Morgan fingerprint density at radius 2 is 1.38 bits per heavy atom. The molecule has 16 heavy (non-hydrogen) atoms. The third-order valence-electron chi connectivity index (χ3n) is 2.79. The number of rotatable bonds is 2. The Kier molecular flexibility index (Phi) is 7.81. The van der Waals surface area contributed by atoms with Crippen molar-refractivity contribution in [2.75, 3.05) is 0 Å². The van der Waals surface area contributed by atoms with Gasteiger partial charge >= 0.3 is 103 Å². The van der Waals surface area contributed by atoms with Gasteiger partial charge in [-0.25, -0.2) is 0 Å². The van der Waals surface area contributed by atoms with Crippen LogP contribution in [0.2, 0.25) is 39.3 Å². The number of halogens is 2. The van der Waals surface area contributed by atoms with Crippen LogP contribution in [0.3, 0.4) is 0 Å². The maximum absolute atomic E-state index is 2.51. The topological polar surface area (TPSA) is 0 Å². The van der Waals surface area contributed by atoms with E-state index in [9.17, 15) is 0 Å². The molecule has 5 heteroatoms. The molecular formula is C11H21Cl2Si2Ti. The van der Waals surface area contributed by atoms with E-state index in [0.717, 1.165) is 0 Å². The first-order valence-electron chi connectivity index (χ1n) is 5.30. The normalized spacial score (nSPS) is 16.6. The van der Waals surface area contributed by atoms with Crippen LogP contribution in [0.4, 0.5) is 0 Å². The van der Waals surface area contributed by atoms with Crippen molar-refractivity contribution in [3.05, 3.63) is 20.3 Å². The quantitative estimate of drug-likeness (QED) is 0.509. The van der Waals surface area contributed by atoms with Gasteiger partial charge in [0.2, 0.25) is 0 Å². The summed E-state index contributed by atoms with van der Waals surface area (Å²) >= 11 is 2.35. The maximum atomic E-state index is 2.51. The van der Waals surface area contributed by atoms with Crippen LogP contribution in [0, 0.1) is 0 Å². The summed E-state index contributed by atoms with van der Waals surface area (Å²) in [6.07, 6.45) is 3.76. The van der Waals surface area contributed by atoms with Crippen LogP contribution in [0.15, 0.2) is 20.3 Å². The van der Waals surface area contributed by atoms with Gasteiger partial charge in [-0.1, -0.05) is 0 Å². The Hall–Kier alpha value is 1.21. The van der Waals surface area contributed by atoms with Gasteiger partial charge in [0.05, 0.1) is 0 Å². The predicted molar refractivity (Wildman–Crippen MR) is 66.4 cm³/mol. The Morgan fingerprint density at radius 1 is 0.938 bits per heavy atom. The van der Waals surface area contributed by atoms with E-state index in [1.807, 2.05) is 0 Å². The number of hydrogen-bond acceptors (Lipinski definition) is 0. The van der Waals surface area contributed by atoms with Crippen molar-refractivity contribution in [1.82, 2.24) is 0 Å². The van der Waals surface area contributed by atoms with Gasteiger partial charge in [-0.15, -0.1) is 0 Å². The largest absolute Gasteiger partial charge is 1.00 e. The van der Waals surface area contributed by atoms with Gasteiger partial charge in [0.25, 0.3) is 0 Å². The van der Waals surface area contributed by atoms with Crippen LogP contribution in [0.25, 0.3) is 0 Å². The summed E-state index contributed by atoms with van der Waals surface area (Å²) < 4.78 is 1.66. The van der Waals surface area contributed by atoms with Crippen molar-refractivity contribution >= 4 is 16.1 Å². The molecule has 0 fully saturated rings. The minimum Gasteiger partial charge on any atom is -1.00 e. The van der Waals surface area contributed by atoms with E-state index >= 15 is 0 Å². The molecule has 0 unspecified atom stereocenters. The number of hydrogen-bond donors (Lipinski definition) is 0. The summed E-state index contributed by atoms with van der Waals surface area (Å²) in [5.74, 6) is 0. The minimum absolute atomic E-state index is 0. The van der Waals surface area contributed by atoms with Gasteiger partial charge in [0.15, 0.2) is 0 Å². The molecular weight excluding hydrogens is 307 g/mol. The molecule has 1 rings (SSSR count). The van der Waals surface area contributed by atoms with Crippen LogP contribution >= 0.6 is 0 Å². The molecule has 0 nitrogen and oxygen atoms in total. The Balaban J connectivity index is 0. The molecule has 91 valence electrons. The molecule has 1 aliphatic rings. The summed E-state index contributed by atoms with van der Waals surface area (Å²) in [5.41, 5.74) is 0. The van der Waals surface area contributed by atoms with E-state index in [-0.39, 0.29) is 24.8 Å². The second-order valence-electron chi connectivity index (χ2n) is 6.18. The molecule has 0 aliphatic heterocycles. The Bertz CT molecular complexity index is 291. The van der Waals surface area contributed by atoms with E-state index in [4.69, 9.17) is 0 Å². The van der Waals surface area contributed by atoms with Crippen LogP contribution < -0.4 is 24.8 Å². The predicted octanol–water partition coefficient (Wildman–Crippen LogP) is -2.12. The summed E-state index contributed by atoms with van der Waals surface area (Å²) in [6, 6.07) is 0. The monoisotopic (exact) mass is 327 g/mol. The second-order valence-corrected chi connectivity index (χ2v) is 17.1. The fourth-order valence-corrected chi connectivity index (χ4v) is 9.10. The fraction of sp³-hybridized carbons (Fsp3) is 0.636. The molecule has 0 amide bonds. The molecule has 0 atom stereocenters. The first-order chi connectivity index (χ1) is 6.14. The van der Waals surface area contributed by atoms with E-state index in [1.54, 1.807) is 14.3 Å². The minimum atomic E-state index is -1.08. The van der Waals surface area contributed by atoms with Gasteiger partial charge in [-0.2, -0.15) is 0 Å². The van der Waals surface area contributed by atoms with E-state index in [0.29, 0.717) is 0 Å². The average molecular weight is 328 g/mol. The zero-order chi connectivity index (χ0) is 11.1. The van der Waals surface area contributed by atoms with Crippen LogP contribution in [0.1, 0.15) is 6.42 Å². The van der Waals surface area contributed by atoms with Crippen LogP contribution in [0.5, 0.6) is 0 Å². The third kappa shape index (κ3) is 4.47. The summed E-state index contributed by atoms with van der Waals surface area (Å²) in [5, 5.41) is 3.50. The summed E-state index contributed by atoms with van der Waals surface area (Å²) in [6.45, 7) is 14.8. The molecule has 0 heterocycles. The van der Waals surface area contributed by atoms with E-state index in [1.165, 1.54) is 6.42 Å². The zero-order valence-electron chi connectivity index (χ0n) is 11.0. The molecule has 0 saturated carbocycles. The van der Waals surface area contributed by atoms with Crippen LogP contribution in [-0.2, 0) is 20.4 Å². The van der Waals surface area contributed by atoms with Crippen molar-refractivity contribution in [1.29, 1.82) is 0 Å². The van der Waals surface area contributed by atoms with Gasteiger partial charge in [-0.3, -0.25) is 0 Å². The second kappa shape index (κ2) is 6.40. The Labute approximate surface area is 127 Å². The molecule has 0 aromatic heterocycles. The van der Waals surface area contributed by atoms with Gasteiger partial charge < -0.3 is 24.8 Å². The van der Waals surface area contributed by atoms with Crippen molar-refractivity contribution in [2.45, 2.75) is 45.7 Å². The average Bonchev–Trinajstić information content (AvgIpc) is 2.26. The third-order valence-corrected chi connectivity index (χ3v) is 8.80. The molecule has 0 N–H and O–H groups in total. The summed E-state index contributed by atoms with van der Waals surface area (Å²) in [7, 11) is -2.14.